The minimum Gasteiger partial charge on any atom is -0.380 e. The molecule has 0 bridgehead atoms. The summed E-state index contributed by atoms with van der Waals surface area (Å²) in [5, 5.41) is 2.90. The lowest BCUT2D eigenvalue weighted by molar-refractivity contribution is 0.0953. The van der Waals surface area contributed by atoms with Crippen LogP contribution in [0, 0.1) is 3.57 Å². The Hall–Kier alpha value is -1.40. The molecule has 0 aliphatic carbocycles. The molecule has 116 valence electrons. The molecule has 0 heterocycles. The standard InChI is InChI=1S/C18H20INO2/c1-3-10-20-18(21)14-6-9-17(15(11-14)12-22-2)13-4-7-16(19)8-5-13/h4-9,11H,3,10,12H2,1-2H3,(H,20,21). The summed E-state index contributed by atoms with van der Waals surface area (Å²) in [6.45, 7) is 3.21. The van der Waals surface area contributed by atoms with Crippen LogP contribution in [-0.2, 0) is 11.3 Å². The molecule has 2 aromatic carbocycles. The first-order chi connectivity index (χ1) is 10.7. The van der Waals surface area contributed by atoms with E-state index in [-0.39, 0.29) is 5.91 Å². The molecule has 1 amide bonds. The van der Waals surface area contributed by atoms with Gasteiger partial charge in [0, 0.05) is 22.8 Å². The highest BCUT2D eigenvalue weighted by Crippen LogP contribution is 2.26. The first-order valence-corrected chi connectivity index (χ1v) is 8.39. The molecule has 0 spiro atoms. The second-order valence-electron chi connectivity index (χ2n) is 5.07. The number of methoxy groups -OCH3 is 1. The van der Waals surface area contributed by atoms with Gasteiger partial charge in [-0.3, -0.25) is 4.79 Å². The van der Waals surface area contributed by atoms with Crippen molar-refractivity contribution in [2.24, 2.45) is 0 Å². The summed E-state index contributed by atoms with van der Waals surface area (Å²) in [6.07, 6.45) is 0.928. The first-order valence-electron chi connectivity index (χ1n) is 7.31. The Morgan fingerprint density at radius 1 is 1.18 bits per heavy atom. The van der Waals surface area contributed by atoms with E-state index in [1.165, 1.54) is 3.57 Å². The lowest BCUT2D eigenvalue weighted by Crippen LogP contribution is -2.24. The largest absolute Gasteiger partial charge is 0.380 e. The minimum absolute atomic E-state index is 0.0339. The third-order valence-electron chi connectivity index (χ3n) is 3.36. The van der Waals surface area contributed by atoms with Crippen molar-refractivity contribution in [3.8, 4) is 11.1 Å². The van der Waals surface area contributed by atoms with E-state index < -0.39 is 0 Å². The normalized spacial score (nSPS) is 10.5. The van der Waals surface area contributed by atoms with Gasteiger partial charge < -0.3 is 10.1 Å². The SMILES string of the molecule is CCCNC(=O)c1ccc(-c2ccc(I)cc2)c(COC)c1. The molecule has 0 fully saturated rings. The van der Waals surface area contributed by atoms with Crippen molar-refractivity contribution in [3.63, 3.8) is 0 Å². The molecule has 2 rings (SSSR count). The van der Waals surface area contributed by atoms with Crippen LogP contribution in [0.3, 0.4) is 0 Å². The van der Waals surface area contributed by atoms with Crippen molar-refractivity contribution in [1.29, 1.82) is 0 Å². The number of carbonyl (C=O) groups is 1. The maximum absolute atomic E-state index is 12.1. The van der Waals surface area contributed by atoms with E-state index in [1.807, 2.05) is 25.1 Å². The van der Waals surface area contributed by atoms with E-state index in [0.29, 0.717) is 18.7 Å². The van der Waals surface area contributed by atoms with Gasteiger partial charge in [0.05, 0.1) is 6.61 Å². The lowest BCUT2D eigenvalue weighted by atomic mass is 9.97. The van der Waals surface area contributed by atoms with Crippen LogP contribution in [0.4, 0.5) is 0 Å². The molecule has 0 radical (unpaired) electrons. The maximum atomic E-state index is 12.1. The van der Waals surface area contributed by atoms with E-state index in [2.05, 4.69) is 52.2 Å². The lowest BCUT2D eigenvalue weighted by Gasteiger charge is -2.12. The molecule has 1 N–H and O–H groups in total. The van der Waals surface area contributed by atoms with Gasteiger partial charge in [0.15, 0.2) is 0 Å². The molecular weight excluding hydrogens is 389 g/mol. The molecule has 4 heteroatoms. The first kappa shape index (κ1) is 17.0. The number of ether oxygens (including phenoxy) is 1. The third-order valence-corrected chi connectivity index (χ3v) is 4.08. The molecule has 0 saturated carbocycles. The molecule has 3 nitrogen and oxygen atoms in total. The summed E-state index contributed by atoms with van der Waals surface area (Å²) in [5.74, 6) is -0.0339. The Bertz CT molecular complexity index is 638. The highest BCUT2D eigenvalue weighted by atomic mass is 127. The zero-order valence-electron chi connectivity index (χ0n) is 12.9. The van der Waals surface area contributed by atoms with Gasteiger partial charge in [-0.25, -0.2) is 0 Å². The monoisotopic (exact) mass is 409 g/mol. The van der Waals surface area contributed by atoms with Crippen molar-refractivity contribution in [2.75, 3.05) is 13.7 Å². The predicted molar refractivity (Wildman–Crippen MR) is 97.9 cm³/mol. The molecule has 0 atom stereocenters. The molecule has 0 unspecified atom stereocenters. The summed E-state index contributed by atoms with van der Waals surface area (Å²) in [6, 6.07) is 14.1. The van der Waals surface area contributed by atoms with Crippen molar-refractivity contribution in [3.05, 3.63) is 57.2 Å². The van der Waals surface area contributed by atoms with Crippen molar-refractivity contribution in [1.82, 2.24) is 5.32 Å². The van der Waals surface area contributed by atoms with Crippen LogP contribution >= 0.6 is 22.6 Å². The fraction of sp³-hybridized carbons (Fsp3) is 0.278. The molecule has 0 aliphatic heterocycles. The summed E-state index contributed by atoms with van der Waals surface area (Å²) in [5.41, 5.74) is 3.93. The Morgan fingerprint density at radius 3 is 2.55 bits per heavy atom. The highest BCUT2D eigenvalue weighted by Gasteiger charge is 2.10. The number of hydrogen-bond donors (Lipinski definition) is 1. The third kappa shape index (κ3) is 4.30. The fourth-order valence-electron chi connectivity index (χ4n) is 2.26. The fourth-order valence-corrected chi connectivity index (χ4v) is 2.62. The zero-order valence-corrected chi connectivity index (χ0v) is 15.0. The van der Waals surface area contributed by atoms with Crippen molar-refractivity contribution >= 4 is 28.5 Å². The maximum Gasteiger partial charge on any atom is 0.251 e. The molecule has 0 aliphatic rings. The van der Waals surface area contributed by atoms with Gasteiger partial charge in [-0.2, -0.15) is 0 Å². The van der Waals surface area contributed by atoms with E-state index in [0.717, 1.165) is 23.1 Å². The van der Waals surface area contributed by atoms with Gasteiger partial charge in [0.25, 0.3) is 5.91 Å². The van der Waals surface area contributed by atoms with Gasteiger partial charge in [-0.1, -0.05) is 25.1 Å². The Morgan fingerprint density at radius 2 is 1.91 bits per heavy atom. The predicted octanol–water partition coefficient (Wildman–Crippen LogP) is 4.24. The summed E-state index contributed by atoms with van der Waals surface area (Å²) >= 11 is 2.29. The number of benzene rings is 2. The minimum atomic E-state index is -0.0339. The van der Waals surface area contributed by atoms with Crippen LogP contribution in [0.25, 0.3) is 11.1 Å². The Labute approximate surface area is 145 Å². The number of amides is 1. The number of hydrogen-bond acceptors (Lipinski definition) is 2. The van der Waals surface area contributed by atoms with Crippen LogP contribution in [0.15, 0.2) is 42.5 Å². The van der Waals surface area contributed by atoms with Crippen LogP contribution < -0.4 is 5.32 Å². The van der Waals surface area contributed by atoms with Crippen LogP contribution in [0.2, 0.25) is 0 Å². The smallest absolute Gasteiger partial charge is 0.251 e. The van der Waals surface area contributed by atoms with E-state index >= 15 is 0 Å². The summed E-state index contributed by atoms with van der Waals surface area (Å²) in [7, 11) is 1.67. The van der Waals surface area contributed by atoms with Gasteiger partial charge in [-0.05, 0) is 70.0 Å². The summed E-state index contributed by atoms with van der Waals surface area (Å²) in [4.78, 5) is 12.1. The van der Waals surface area contributed by atoms with Gasteiger partial charge in [0.2, 0.25) is 0 Å². The van der Waals surface area contributed by atoms with Crippen molar-refractivity contribution < 1.29 is 9.53 Å². The van der Waals surface area contributed by atoms with Crippen LogP contribution in [0.5, 0.6) is 0 Å². The number of halogens is 1. The number of rotatable bonds is 6. The summed E-state index contributed by atoms with van der Waals surface area (Å²) < 4.78 is 6.50. The zero-order chi connectivity index (χ0) is 15.9. The molecule has 0 saturated heterocycles. The van der Waals surface area contributed by atoms with Gasteiger partial charge in [-0.15, -0.1) is 0 Å². The molecule has 0 aromatic heterocycles. The van der Waals surface area contributed by atoms with E-state index in [9.17, 15) is 4.79 Å². The average molecular weight is 409 g/mol. The van der Waals surface area contributed by atoms with E-state index in [4.69, 9.17) is 4.74 Å². The molecule has 22 heavy (non-hydrogen) atoms. The van der Waals surface area contributed by atoms with E-state index in [1.54, 1.807) is 7.11 Å². The van der Waals surface area contributed by atoms with Crippen LogP contribution in [-0.4, -0.2) is 19.6 Å². The topological polar surface area (TPSA) is 38.3 Å². The second kappa shape index (κ2) is 8.29. The van der Waals surface area contributed by atoms with Crippen LogP contribution in [0.1, 0.15) is 29.3 Å². The van der Waals surface area contributed by atoms with Crippen molar-refractivity contribution in [2.45, 2.75) is 20.0 Å². The molecular formula is C18H20INO2. The van der Waals surface area contributed by atoms with Gasteiger partial charge in [0.1, 0.15) is 0 Å². The molecule has 2 aromatic rings. The number of nitrogens with one attached hydrogen (secondary N) is 1. The second-order valence-corrected chi connectivity index (χ2v) is 6.31. The quantitative estimate of drug-likeness (QED) is 0.725. The Kier molecular flexibility index (Phi) is 6.39. The van der Waals surface area contributed by atoms with Gasteiger partial charge >= 0.3 is 0 Å². The highest BCUT2D eigenvalue weighted by molar-refractivity contribution is 14.1. The Balaban J connectivity index is 2.34. The average Bonchev–Trinajstić information content (AvgIpc) is 2.54. The number of carbonyl (C=O) groups excluding carboxylic acids is 1.